The third-order valence-electron chi connectivity index (χ3n) is 7.34. The molecule has 3 heterocycles. The molecule has 4 atom stereocenters. The molecule has 0 spiro atoms. The quantitative estimate of drug-likeness (QED) is 0.0476. The fourth-order valence-electron chi connectivity index (χ4n) is 5.07. The number of esters is 1. The molecule has 4 amide bonds. The highest BCUT2D eigenvalue weighted by Crippen LogP contribution is 2.40. The van der Waals surface area contributed by atoms with Crippen LogP contribution in [0.15, 0.2) is 52.1 Å². The zero-order valence-electron chi connectivity index (χ0n) is 28.6. The number of nitrogens with one attached hydrogen (secondary N) is 3. The number of hydrogen-bond acceptors (Lipinski definition) is 14. The van der Waals surface area contributed by atoms with E-state index in [1.54, 1.807) is 0 Å². The molecular weight excluding hydrogens is 723 g/mol. The molecule has 20 heteroatoms. The lowest BCUT2D eigenvalue weighted by Gasteiger charge is -2.49. The van der Waals surface area contributed by atoms with Crippen LogP contribution in [0, 0.1) is 5.92 Å². The van der Waals surface area contributed by atoms with Gasteiger partial charge in [-0.3, -0.25) is 33.7 Å². The third kappa shape index (κ3) is 10.8. The Kier molecular flexibility index (Phi) is 15.3. The lowest BCUT2D eigenvalue weighted by molar-refractivity contribution is -0.150. The summed E-state index contributed by atoms with van der Waals surface area (Å²) in [7, 11) is 1.21. The largest absolute Gasteiger partial charge is 0.483 e. The molecule has 2 aliphatic heterocycles. The summed E-state index contributed by atoms with van der Waals surface area (Å²) in [5.41, 5.74) is 6.55. The van der Waals surface area contributed by atoms with Gasteiger partial charge in [0.2, 0.25) is 11.8 Å². The number of carbonyl (C=O) groups is 7. The number of ether oxygens (including phenoxy) is 1. The molecule has 7 N–H and O–H groups in total. The Balaban J connectivity index is 0.00000235. The first kappa shape index (κ1) is 41.1. The number of aliphatic carboxylic acids is 1. The molecule has 0 radical (unpaired) electrons. The van der Waals surface area contributed by atoms with Crippen LogP contribution in [0.5, 0.6) is 0 Å². The van der Waals surface area contributed by atoms with E-state index in [0.717, 1.165) is 21.8 Å². The molecule has 0 saturated carbocycles. The maximum atomic E-state index is 13.4. The summed E-state index contributed by atoms with van der Waals surface area (Å²) < 4.78 is 4.94. The molecule has 0 bridgehead atoms. The molecule has 280 valence electrons. The fraction of sp³-hybridized carbons (Fsp3) is 0.406. The minimum Gasteiger partial charge on any atom is -0.483 e. The maximum absolute atomic E-state index is 13.4. The van der Waals surface area contributed by atoms with Gasteiger partial charge >= 0.3 is 11.9 Å². The van der Waals surface area contributed by atoms with E-state index >= 15 is 0 Å². The van der Waals surface area contributed by atoms with E-state index < -0.39 is 59.1 Å². The van der Waals surface area contributed by atoms with Crippen LogP contribution in [0.25, 0.3) is 0 Å². The number of nitrogens with zero attached hydrogens (tertiary/aromatic N) is 3. The number of oxime groups is 1. The number of anilines is 1. The van der Waals surface area contributed by atoms with Crippen LogP contribution in [0.2, 0.25) is 0 Å². The van der Waals surface area contributed by atoms with E-state index in [2.05, 4.69) is 26.1 Å². The monoisotopic (exact) mass is 761 g/mol. The van der Waals surface area contributed by atoms with Gasteiger partial charge in [-0.15, -0.1) is 23.1 Å². The number of β-lactam (4-membered cyclic amide) rings is 1. The number of carboxylic acid groups (broad SMARTS) is 2. The van der Waals surface area contributed by atoms with Crippen molar-refractivity contribution in [1.82, 2.24) is 20.5 Å². The van der Waals surface area contributed by atoms with Gasteiger partial charge in [0.15, 0.2) is 10.8 Å². The Bertz CT molecular complexity index is 1710. The van der Waals surface area contributed by atoms with Crippen LogP contribution in [-0.2, 0) is 49.6 Å². The summed E-state index contributed by atoms with van der Waals surface area (Å²) in [6.07, 6.45) is 0.614. The molecule has 2 aromatic rings. The highest BCUT2D eigenvalue weighted by atomic mass is 32.2. The van der Waals surface area contributed by atoms with Gasteiger partial charge in [-0.25, -0.2) is 9.78 Å². The Labute approximate surface area is 306 Å². The van der Waals surface area contributed by atoms with Crippen molar-refractivity contribution >= 4 is 76.0 Å². The topological polar surface area (TPSA) is 269 Å². The number of carboxylic acids is 1. The summed E-state index contributed by atoms with van der Waals surface area (Å²) in [6, 6.07) is 6.23. The van der Waals surface area contributed by atoms with E-state index in [9.17, 15) is 33.9 Å². The van der Waals surface area contributed by atoms with Gasteiger partial charge < -0.3 is 41.5 Å². The predicted molar refractivity (Wildman–Crippen MR) is 189 cm³/mol. The number of rotatable bonds is 15. The number of hydrogen-bond donors (Lipinski definition) is 6. The average Bonchev–Trinajstić information content (AvgIpc) is 3.55. The Hall–Kier alpha value is -5.34. The van der Waals surface area contributed by atoms with Gasteiger partial charge in [0.1, 0.15) is 42.6 Å². The Morgan fingerprint density at radius 2 is 1.85 bits per heavy atom. The first-order valence-electron chi connectivity index (χ1n) is 15.6. The summed E-state index contributed by atoms with van der Waals surface area (Å²) in [5, 5.41) is 29.2. The number of fused-ring (bicyclic) bond motifs is 1. The van der Waals surface area contributed by atoms with Gasteiger partial charge in [-0.05, 0) is 17.9 Å². The van der Waals surface area contributed by atoms with Crippen LogP contribution >= 0.6 is 23.1 Å². The second-order valence-electron chi connectivity index (χ2n) is 11.6. The Morgan fingerprint density at radius 3 is 2.44 bits per heavy atom. The maximum Gasteiger partial charge on any atom is 0.352 e. The van der Waals surface area contributed by atoms with Gasteiger partial charge in [-0.1, -0.05) is 49.3 Å². The zero-order chi connectivity index (χ0) is 38.5. The van der Waals surface area contributed by atoms with E-state index in [1.165, 1.54) is 31.2 Å². The lowest BCUT2D eigenvalue weighted by atomic mass is 10.0. The fourth-order valence-corrected chi connectivity index (χ4v) is 7.10. The normalized spacial score (nSPS) is 17.7. The molecule has 4 rings (SSSR count). The average molecular weight is 762 g/mol. The number of carbonyl (C=O) groups excluding carboxylic acids is 5. The molecule has 0 unspecified atom stereocenters. The number of amides is 4. The van der Waals surface area contributed by atoms with E-state index in [1.807, 2.05) is 44.2 Å². The van der Waals surface area contributed by atoms with Crippen LogP contribution < -0.4 is 21.7 Å². The zero-order valence-corrected chi connectivity index (χ0v) is 30.2. The second kappa shape index (κ2) is 19.3. The Morgan fingerprint density at radius 1 is 1.17 bits per heavy atom. The molecule has 2 aliphatic rings. The summed E-state index contributed by atoms with van der Waals surface area (Å²) in [6.45, 7) is 4.53. The molecule has 1 saturated heterocycles. The van der Waals surface area contributed by atoms with E-state index in [4.69, 9.17) is 25.2 Å². The lowest BCUT2D eigenvalue weighted by Crippen LogP contribution is -2.71. The summed E-state index contributed by atoms with van der Waals surface area (Å²) in [5.74, 6) is -4.18. The predicted octanol–water partition coefficient (Wildman–Crippen LogP) is 0.536. The van der Waals surface area contributed by atoms with Crippen molar-refractivity contribution in [2.24, 2.45) is 16.8 Å². The molecule has 18 nitrogen and oxygen atoms in total. The third-order valence-corrected chi connectivity index (χ3v) is 9.44. The first-order valence-corrected chi connectivity index (χ1v) is 17.5. The number of benzene rings is 1. The van der Waals surface area contributed by atoms with Crippen molar-refractivity contribution < 1.29 is 53.3 Å². The second-order valence-corrected chi connectivity index (χ2v) is 13.6. The minimum absolute atomic E-state index is 0.0250. The van der Waals surface area contributed by atoms with Gasteiger partial charge in [-0.2, -0.15) is 0 Å². The van der Waals surface area contributed by atoms with Gasteiger partial charge in [0, 0.05) is 30.1 Å². The van der Waals surface area contributed by atoms with Crippen LogP contribution in [-0.4, -0.2) is 111 Å². The number of nitrogens with two attached hydrogens (primary N) is 1. The standard InChI is InChI=1S/C31H37N7O9S2.CH2O2/c1-15(2)10-19(32)25(40)33-20(11-17-8-6-5-7-9-17)26(41)36-31-34-21(14-49-31)22(37-46-4)27(42)35-23-28(43)38-24(30(44)45)18(12-47-16(3)39)13-48-29(23)38;2-1-3/h5-9,14-15,19-20,23,29H,10-13,32H2,1-4H3,(H,33,40)(H,35,42)(H,44,45)(H,34,36,41);1H,(H,2,3)/b37-22-;/t19-,20-,23+,29+;/m0./s1. The first-order chi connectivity index (χ1) is 24.7. The van der Waals surface area contributed by atoms with Gasteiger partial charge in [0.25, 0.3) is 18.3 Å². The van der Waals surface area contributed by atoms with E-state index in [0.29, 0.717) is 6.42 Å². The highest BCUT2D eigenvalue weighted by Gasteiger charge is 2.54. The molecule has 52 heavy (non-hydrogen) atoms. The molecule has 1 fully saturated rings. The summed E-state index contributed by atoms with van der Waals surface area (Å²) in [4.78, 5) is 94.5. The van der Waals surface area contributed by atoms with Crippen molar-refractivity contribution in [2.75, 3.05) is 24.8 Å². The molecule has 0 aliphatic carbocycles. The number of aromatic nitrogens is 1. The summed E-state index contributed by atoms with van der Waals surface area (Å²) >= 11 is 2.19. The SMILES string of the molecule is CO/N=C(\C(=O)N[C@@H]1C(=O)N2C(C(=O)O)=C(COC(C)=O)CS[C@H]12)c1csc(NC(=O)[C@H](Cc2ccccc2)NC(=O)[C@@H](N)CC(C)C)n1.O=CO. The van der Waals surface area contributed by atoms with Gasteiger partial charge in [0.05, 0.1) is 6.04 Å². The number of thiazole rings is 1. The van der Waals surface area contributed by atoms with E-state index in [-0.39, 0.29) is 59.0 Å². The van der Waals surface area contributed by atoms with Crippen molar-refractivity contribution in [3.8, 4) is 0 Å². The minimum atomic E-state index is -1.37. The smallest absolute Gasteiger partial charge is 0.352 e. The van der Waals surface area contributed by atoms with Crippen molar-refractivity contribution in [2.45, 2.75) is 57.1 Å². The van der Waals surface area contributed by atoms with Crippen LogP contribution in [0.1, 0.15) is 38.4 Å². The molecule has 1 aromatic carbocycles. The van der Waals surface area contributed by atoms with Crippen LogP contribution in [0.4, 0.5) is 5.13 Å². The highest BCUT2D eigenvalue weighted by molar-refractivity contribution is 8.00. The van der Waals surface area contributed by atoms with Crippen molar-refractivity contribution in [1.29, 1.82) is 0 Å². The van der Waals surface area contributed by atoms with Crippen molar-refractivity contribution in [3.63, 3.8) is 0 Å². The van der Waals surface area contributed by atoms with Crippen molar-refractivity contribution in [3.05, 3.63) is 58.2 Å². The van der Waals surface area contributed by atoms with Crippen LogP contribution in [0.3, 0.4) is 0 Å². The molecule has 1 aromatic heterocycles. The molecular formula is C32H39N7O11S2. The number of thioether (sulfide) groups is 1.